The monoisotopic (exact) mass is 421 g/mol. The number of anilines is 1. The number of carbonyl (C=O) groups excluding carboxylic acids is 2. The number of rotatable bonds is 7. The molecular weight excluding hydrogens is 398 g/mol. The van der Waals surface area contributed by atoms with Gasteiger partial charge in [0, 0.05) is 38.3 Å². The number of nitro groups is 2. The largest absolute Gasteiger partial charge is 0.465 e. The Morgan fingerprint density at radius 3 is 2.27 bits per heavy atom. The van der Waals surface area contributed by atoms with Gasteiger partial charge in [0.05, 0.1) is 34.6 Å². The lowest BCUT2D eigenvalue weighted by Crippen LogP contribution is -2.54. The Morgan fingerprint density at radius 2 is 1.77 bits per heavy atom. The molecule has 162 valence electrons. The number of hydrogen-bond donors (Lipinski definition) is 1. The molecular formula is C18H23N5O7. The number of ether oxygens (including phenoxy) is 1. The summed E-state index contributed by atoms with van der Waals surface area (Å²) in [4.78, 5) is 49.4. The molecule has 30 heavy (non-hydrogen) atoms. The number of carbonyl (C=O) groups is 2. The molecule has 0 aromatic heterocycles. The normalized spacial score (nSPS) is 17.9. The fourth-order valence-electron chi connectivity index (χ4n) is 3.49. The second kappa shape index (κ2) is 8.61. The van der Waals surface area contributed by atoms with Crippen molar-refractivity contribution < 1.29 is 24.2 Å². The first kappa shape index (κ1) is 21.4. The molecule has 1 saturated heterocycles. The summed E-state index contributed by atoms with van der Waals surface area (Å²) in [7, 11) is 1.11. The molecule has 1 aromatic carbocycles. The lowest BCUT2D eigenvalue weighted by Gasteiger charge is -2.38. The van der Waals surface area contributed by atoms with Gasteiger partial charge in [0.1, 0.15) is 5.69 Å². The minimum absolute atomic E-state index is 0.00724. The third-order valence-corrected chi connectivity index (χ3v) is 5.37. The van der Waals surface area contributed by atoms with E-state index in [1.807, 2.05) is 11.8 Å². The molecule has 0 spiro atoms. The number of esters is 1. The van der Waals surface area contributed by atoms with Crippen LogP contribution in [-0.2, 0) is 9.53 Å². The number of nitrogens with zero attached hydrogens (tertiary/aromatic N) is 4. The van der Waals surface area contributed by atoms with E-state index in [0.29, 0.717) is 26.2 Å². The number of amides is 1. The first-order chi connectivity index (χ1) is 14.2. The predicted octanol–water partition coefficient (Wildman–Crippen LogP) is 1.08. The number of nitro benzene ring substituents is 2. The van der Waals surface area contributed by atoms with Gasteiger partial charge in [-0.15, -0.1) is 0 Å². The summed E-state index contributed by atoms with van der Waals surface area (Å²) in [5, 5.41) is 25.7. The molecule has 1 aliphatic carbocycles. The lowest BCUT2D eigenvalue weighted by molar-refractivity contribution is -0.393. The van der Waals surface area contributed by atoms with Gasteiger partial charge in [-0.05, 0) is 19.8 Å². The van der Waals surface area contributed by atoms with Crippen LogP contribution < -0.4 is 10.2 Å². The van der Waals surface area contributed by atoms with Crippen LogP contribution in [0, 0.1) is 20.2 Å². The predicted molar refractivity (Wildman–Crippen MR) is 106 cm³/mol. The van der Waals surface area contributed by atoms with E-state index in [2.05, 4.69) is 5.32 Å². The second-order valence-corrected chi connectivity index (χ2v) is 7.35. The molecule has 1 aromatic rings. The average Bonchev–Trinajstić information content (AvgIpc) is 3.55. The summed E-state index contributed by atoms with van der Waals surface area (Å²) in [5.41, 5.74) is -1.33. The van der Waals surface area contributed by atoms with Gasteiger partial charge in [-0.2, -0.15) is 0 Å². The van der Waals surface area contributed by atoms with Crippen LogP contribution in [0.2, 0.25) is 0 Å². The quantitative estimate of drug-likeness (QED) is 0.388. The smallest absolute Gasteiger partial charge is 0.340 e. The minimum atomic E-state index is -0.892. The van der Waals surface area contributed by atoms with Crippen LogP contribution in [0.3, 0.4) is 0 Å². The van der Waals surface area contributed by atoms with Crippen molar-refractivity contribution in [2.75, 3.05) is 38.2 Å². The summed E-state index contributed by atoms with van der Waals surface area (Å²) in [5.74, 6) is -0.945. The van der Waals surface area contributed by atoms with Gasteiger partial charge in [0.2, 0.25) is 5.91 Å². The second-order valence-electron chi connectivity index (χ2n) is 7.35. The summed E-state index contributed by atoms with van der Waals surface area (Å²) in [6, 6.07) is 1.75. The van der Waals surface area contributed by atoms with Crippen molar-refractivity contribution in [3.8, 4) is 0 Å². The van der Waals surface area contributed by atoms with Gasteiger partial charge in [0.15, 0.2) is 0 Å². The van der Waals surface area contributed by atoms with Crippen molar-refractivity contribution >= 4 is 28.9 Å². The fourth-order valence-corrected chi connectivity index (χ4v) is 3.49. The maximum absolute atomic E-state index is 12.3. The zero-order chi connectivity index (χ0) is 22.0. The van der Waals surface area contributed by atoms with E-state index >= 15 is 0 Å². The number of benzene rings is 1. The van der Waals surface area contributed by atoms with Gasteiger partial charge in [-0.25, -0.2) is 4.79 Å². The van der Waals surface area contributed by atoms with E-state index in [1.54, 1.807) is 4.90 Å². The Hall–Kier alpha value is -3.28. The Labute approximate surface area is 172 Å². The molecule has 1 aliphatic heterocycles. The molecule has 12 heteroatoms. The first-order valence-electron chi connectivity index (χ1n) is 9.57. The molecule has 1 saturated carbocycles. The summed E-state index contributed by atoms with van der Waals surface area (Å²) < 4.78 is 4.70. The molecule has 1 atom stereocenters. The number of hydrogen-bond acceptors (Lipinski definition) is 9. The van der Waals surface area contributed by atoms with Crippen molar-refractivity contribution in [2.45, 2.75) is 31.8 Å². The maximum Gasteiger partial charge on any atom is 0.340 e. The van der Waals surface area contributed by atoms with Crippen LogP contribution in [0.15, 0.2) is 12.1 Å². The van der Waals surface area contributed by atoms with E-state index in [4.69, 9.17) is 4.74 Å². The van der Waals surface area contributed by atoms with E-state index in [0.717, 1.165) is 32.1 Å². The maximum atomic E-state index is 12.3. The Balaban J connectivity index is 1.84. The van der Waals surface area contributed by atoms with Gasteiger partial charge < -0.3 is 15.0 Å². The SMILES string of the molecule is COC(=O)c1cc([N+](=O)[O-])cc([N+](=O)[O-])c1N1CCN(C(C)C(=O)NC2CC2)CC1. The highest BCUT2D eigenvalue weighted by atomic mass is 16.6. The van der Waals surface area contributed by atoms with Crippen LogP contribution in [0.25, 0.3) is 0 Å². The molecule has 2 aliphatic rings. The van der Waals surface area contributed by atoms with Crippen LogP contribution in [0.4, 0.5) is 17.1 Å². The number of methoxy groups -OCH3 is 1. The van der Waals surface area contributed by atoms with Crippen molar-refractivity contribution in [1.29, 1.82) is 0 Å². The van der Waals surface area contributed by atoms with E-state index in [1.165, 1.54) is 0 Å². The molecule has 1 heterocycles. The van der Waals surface area contributed by atoms with Crippen LogP contribution >= 0.6 is 0 Å². The van der Waals surface area contributed by atoms with Crippen molar-refractivity contribution in [3.05, 3.63) is 37.9 Å². The third kappa shape index (κ3) is 4.48. The van der Waals surface area contributed by atoms with Crippen molar-refractivity contribution in [3.63, 3.8) is 0 Å². The average molecular weight is 421 g/mol. The molecule has 12 nitrogen and oxygen atoms in total. The highest BCUT2D eigenvalue weighted by molar-refractivity contribution is 5.99. The van der Waals surface area contributed by atoms with Gasteiger partial charge >= 0.3 is 5.97 Å². The number of nitrogens with one attached hydrogen (secondary N) is 1. The zero-order valence-electron chi connectivity index (χ0n) is 16.7. The van der Waals surface area contributed by atoms with E-state index in [9.17, 15) is 29.8 Å². The van der Waals surface area contributed by atoms with E-state index < -0.39 is 27.2 Å². The molecule has 1 amide bonds. The summed E-state index contributed by atoms with van der Waals surface area (Å²) in [6.45, 7) is 3.30. The van der Waals surface area contributed by atoms with E-state index in [-0.39, 0.29) is 29.2 Å². The molecule has 0 radical (unpaired) electrons. The molecule has 0 bridgehead atoms. The standard InChI is InChI=1S/C18H23N5O7/c1-11(17(24)19-12-3-4-12)20-5-7-21(8-6-20)16-14(18(25)30-2)9-13(22(26)27)10-15(16)23(28)29/h9-12H,3-8H2,1-2H3,(H,19,24). The fraction of sp³-hybridized carbons (Fsp3) is 0.556. The molecule has 1 N–H and O–H groups in total. The summed E-state index contributed by atoms with van der Waals surface area (Å²) in [6.07, 6.45) is 1.98. The highest BCUT2D eigenvalue weighted by Gasteiger charge is 2.35. The first-order valence-corrected chi connectivity index (χ1v) is 9.57. The van der Waals surface area contributed by atoms with Crippen molar-refractivity contribution in [2.24, 2.45) is 0 Å². The number of piperazine rings is 1. The van der Waals surface area contributed by atoms with Crippen LogP contribution in [-0.4, -0.2) is 72.0 Å². The highest BCUT2D eigenvalue weighted by Crippen LogP contribution is 2.37. The lowest BCUT2D eigenvalue weighted by atomic mass is 10.1. The minimum Gasteiger partial charge on any atom is -0.465 e. The molecule has 2 fully saturated rings. The van der Waals surface area contributed by atoms with Crippen LogP contribution in [0.1, 0.15) is 30.1 Å². The Bertz CT molecular complexity index is 878. The Morgan fingerprint density at radius 1 is 1.13 bits per heavy atom. The third-order valence-electron chi connectivity index (χ3n) is 5.37. The van der Waals surface area contributed by atoms with Gasteiger partial charge in [0.25, 0.3) is 11.4 Å². The molecule has 1 unspecified atom stereocenters. The van der Waals surface area contributed by atoms with Gasteiger partial charge in [-0.1, -0.05) is 0 Å². The Kier molecular flexibility index (Phi) is 6.15. The topological polar surface area (TPSA) is 148 Å². The number of non-ortho nitro benzene ring substituents is 1. The van der Waals surface area contributed by atoms with Crippen molar-refractivity contribution in [1.82, 2.24) is 10.2 Å². The van der Waals surface area contributed by atoms with Crippen LogP contribution in [0.5, 0.6) is 0 Å². The zero-order valence-corrected chi connectivity index (χ0v) is 16.7. The summed E-state index contributed by atoms with van der Waals surface area (Å²) >= 11 is 0. The van der Waals surface area contributed by atoms with Gasteiger partial charge in [-0.3, -0.25) is 29.9 Å². The molecule has 3 rings (SSSR count).